The van der Waals surface area contributed by atoms with Gasteiger partial charge in [-0.1, -0.05) is 0 Å². The molecule has 0 aromatic carbocycles. The molecule has 1 rings (SSSR count). The second kappa shape index (κ2) is 2.64. The lowest BCUT2D eigenvalue weighted by Gasteiger charge is -2.02. The van der Waals surface area contributed by atoms with Crippen molar-refractivity contribution in [3.05, 3.63) is 0 Å². The highest BCUT2D eigenvalue weighted by atomic mass is 16.6. The Labute approximate surface area is 55.8 Å². The van der Waals surface area contributed by atoms with Gasteiger partial charge in [-0.2, -0.15) is 0 Å². The highest BCUT2D eigenvalue weighted by Gasteiger charge is 2.37. The van der Waals surface area contributed by atoms with Crippen molar-refractivity contribution >= 4 is 0 Å². The first-order valence-electron chi connectivity index (χ1n) is 3.33. The van der Waals surface area contributed by atoms with Crippen LogP contribution in [0.3, 0.4) is 0 Å². The topological polar surface area (TPSA) is 36.6 Å². The summed E-state index contributed by atoms with van der Waals surface area (Å²) in [6.07, 6.45) is 0.488. The molecule has 1 fully saturated rings. The van der Waals surface area contributed by atoms with Crippen LogP contribution in [0.2, 0.25) is 0 Å². The fraction of sp³-hybridized carbons (Fsp3) is 1.00. The van der Waals surface area contributed by atoms with Gasteiger partial charge in [0.15, 0.2) is 6.23 Å². The number of ether oxygens (including phenoxy) is 1. The normalized spacial score (nSPS) is 33.3. The first-order valence-corrected chi connectivity index (χ1v) is 3.33. The highest BCUT2D eigenvalue weighted by molar-refractivity contribution is 4.79. The van der Waals surface area contributed by atoms with Crippen molar-refractivity contribution < 1.29 is 4.74 Å². The molecule has 2 N–H and O–H groups in total. The maximum Gasteiger partial charge on any atom is 0.150 e. The van der Waals surface area contributed by atoms with Gasteiger partial charge in [-0.15, -0.1) is 0 Å². The first-order chi connectivity index (χ1) is 4.24. The lowest BCUT2D eigenvalue weighted by Crippen LogP contribution is -2.30. The molecule has 0 aromatic heterocycles. The van der Waals surface area contributed by atoms with Gasteiger partial charge in [-0.05, 0) is 20.9 Å². The van der Waals surface area contributed by atoms with E-state index in [0.717, 1.165) is 0 Å². The number of hydrogen-bond acceptors (Lipinski definition) is 3. The quantitative estimate of drug-likeness (QED) is 0.523. The number of nitrogens with one attached hydrogen (secondary N) is 2. The number of likely N-dealkylation sites (N-methyl/N-ethyl adjacent to an activating group) is 1. The minimum absolute atomic E-state index is 0.243. The fourth-order valence-electron chi connectivity index (χ4n) is 0.787. The minimum atomic E-state index is 0.243. The zero-order valence-electron chi connectivity index (χ0n) is 6.14. The third-order valence-electron chi connectivity index (χ3n) is 1.27. The van der Waals surface area contributed by atoms with Crippen LogP contribution < -0.4 is 10.6 Å². The van der Waals surface area contributed by atoms with Gasteiger partial charge in [0.2, 0.25) is 0 Å². The van der Waals surface area contributed by atoms with Gasteiger partial charge in [0.05, 0.1) is 0 Å². The lowest BCUT2D eigenvalue weighted by molar-refractivity contribution is 0.324. The van der Waals surface area contributed by atoms with Gasteiger partial charge >= 0.3 is 0 Å². The molecule has 2 atom stereocenters. The van der Waals surface area contributed by atoms with Crippen molar-refractivity contribution in [3.8, 4) is 0 Å². The molecule has 9 heavy (non-hydrogen) atoms. The van der Waals surface area contributed by atoms with E-state index in [0.29, 0.717) is 6.04 Å². The molecule has 0 amide bonds. The summed E-state index contributed by atoms with van der Waals surface area (Å²) in [5, 5.41) is 6.24. The summed E-state index contributed by atoms with van der Waals surface area (Å²) in [4.78, 5) is 0. The predicted molar refractivity (Wildman–Crippen MR) is 36.0 cm³/mol. The average molecular weight is 130 g/mol. The van der Waals surface area contributed by atoms with Crippen LogP contribution in [0.25, 0.3) is 0 Å². The van der Waals surface area contributed by atoms with Crippen molar-refractivity contribution in [1.82, 2.24) is 10.6 Å². The molecule has 0 spiro atoms. The highest BCUT2D eigenvalue weighted by Crippen LogP contribution is 2.15. The molecule has 2 unspecified atom stereocenters. The SMILES string of the molecule is CNC1OC1NC(C)C. The van der Waals surface area contributed by atoms with Crippen LogP contribution >= 0.6 is 0 Å². The summed E-state index contributed by atoms with van der Waals surface area (Å²) in [6.45, 7) is 4.21. The third kappa shape index (κ3) is 1.93. The largest absolute Gasteiger partial charge is 0.337 e. The summed E-state index contributed by atoms with van der Waals surface area (Å²) in [7, 11) is 1.90. The number of rotatable bonds is 3. The van der Waals surface area contributed by atoms with Crippen LogP contribution in [0, 0.1) is 0 Å². The first kappa shape index (κ1) is 6.99. The van der Waals surface area contributed by atoms with Gasteiger partial charge in [-0.25, -0.2) is 0 Å². The summed E-state index contributed by atoms with van der Waals surface area (Å²) in [5.74, 6) is 0. The van der Waals surface area contributed by atoms with E-state index in [2.05, 4.69) is 24.5 Å². The molecule has 0 bridgehead atoms. The van der Waals surface area contributed by atoms with Gasteiger partial charge in [-0.3, -0.25) is 10.6 Å². The van der Waals surface area contributed by atoms with Crippen molar-refractivity contribution in [3.63, 3.8) is 0 Å². The molecule has 3 nitrogen and oxygen atoms in total. The Hall–Kier alpha value is -0.120. The van der Waals surface area contributed by atoms with Crippen molar-refractivity contribution in [2.45, 2.75) is 32.3 Å². The molecule has 0 saturated carbocycles. The van der Waals surface area contributed by atoms with Gasteiger partial charge in [0, 0.05) is 6.04 Å². The van der Waals surface area contributed by atoms with Gasteiger partial charge in [0.1, 0.15) is 6.23 Å². The second-order valence-electron chi connectivity index (χ2n) is 2.59. The van der Waals surface area contributed by atoms with Crippen molar-refractivity contribution in [2.24, 2.45) is 0 Å². The van der Waals surface area contributed by atoms with Crippen LogP contribution in [-0.4, -0.2) is 25.5 Å². The van der Waals surface area contributed by atoms with E-state index >= 15 is 0 Å². The van der Waals surface area contributed by atoms with Crippen LogP contribution in [0.1, 0.15) is 13.8 Å². The monoisotopic (exact) mass is 130 g/mol. The van der Waals surface area contributed by atoms with Crippen molar-refractivity contribution in [2.75, 3.05) is 7.05 Å². The van der Waals surface area contributed by atoms with Crippen molar-refractivity contribution in [1.29, 1.82) is 0 Å². The average Bonchev–Trinajstić information content (AvgIpc) is 2.45. The van der Waals surface area contributed by atoms with E-state index in [4.69, 9.17) is 4.74 Å². The third-order valence-corrected chi connectivity index (χ3v) is 1.27. The number of hydrogen-bond donors (Lipinski definition) is 2. The van der Waals surface area contributed by atoms with Crippen LogP contribution in [0.4, 0.5) is 0 Å². The molecular weight excluding hydrogens is 116 g/mol. The molecule has 54 valence electrons. The van der Waals surface area contributed by atoms with Gasteiger partial charge < -0.3 is 4.74 Å². The molecule has 1 aliphatic rings. The Bertz CT molecular complexity index is 95.1. The van der Waals surface area contributed by atoms with Crippen LogP contribution in [0.15, 0.2) is 0 Å². The second-order valence-corrected chi connectivity index (χ2v) is 2.59. The zero-order chi connectivity index (χ0) is 6.85. The summed E-state index contributed by atoms with van der Waals surface area (Å²) >= 11 is 0. The smallest absolute Gasteiger partial charge is 0.150 e. The van der Waals surface area contributed by atoms with Crippen LogP contribution in [-0.2, 0) is 4.74 Å². The van der Waals surface area contributed by atoms with E-state index in [1.807, 2.05) is 7.05 Å². The fourth-order valence-corrected chi connectivity index (χ4v) is 0.787. The molecular formula is C6H14N2O. The summed E-state index contributed by atoms with van der Waals surface area (Å²) in [5.41, 5.74) is 0. The van der Waals surface area contributed by atoms with Gasteiger partial charge in [0.25, 0.3) is 0 Å². The summed E-state index contributed by atoms with van der Waals surface area (Å²) < 4.78 is 5.15. The Morgan fingerprint density at radius 1 is 1.33 bits per heavy atom. The van der Waals surface area contributed by atoms with E-state index in [1.165, 1.54) is 0 Å². The molecule has 1 saturated heterocycles. The Morgan fingerprint density at radius 2 is 2.00 bits per heavy atom. The number of epoxide rings is 1. The molecule has 0 aromatic rings. The maximum atomic E-state index is 5.15. The molecule has 0 aliphatic carbocycles. The Balaban J connectivity index is 2.05. The van der Waals surface area contributed by atoms with E-state index in [1.54, 1.807) is 0 Å². The van der Waals surface area contributed by atoms with Crippen LogP contribution in [0.5, 0.6) is 0 Å². The minimum Gasteiger partial charge on any atom is -0.337 e. The predicted octanol–water partition coefficient (Wildman–Crippen LogP) is -0.114. The zero-order valence-corrected chi connectivity index (χ0v) is 6.14. The maximum absolute atomic E-state index is 5.15. The molecule has 0 radical (unpaired) electrons. The Kier molecular flexibility index (Phi) is 2.05. The van der Waals surface area contributed by atoms with E-state index in [-0.39, 0.29) is 12.5 Å². The standard InChI is InChI=1S/C6H14N2O/c1-4(2)8-6-5(7-3)9-6/h4-8H,1-3H3. The van der Waals surface area contributed by atoms with E-state index in [9.17, 15) is 0 Å². The molecule has 1 aliphatic heterocycles. The van der Waals surface area contributed by atoms with E-state index < -0.39 is 0 Å². The Morgan fingerprint density at radius 3 is 2.33 bits per heavy atom. The molecule has 3 heteroatoms. The lowest BCUT2D eigenvalue weighted by atomic mass is 10.4. The summed E-state index contributed by atoms with van der Waals surface area (Å²) in [6, 6.07) is 0.508. The molecule has 1 heterocycles.